The second kappa shape index (κ2) is 14.3. The van der Waals surface area contributed by atoms with Crippen LogP contribution in [0.3, 0.4) is 0 Å². The summed E-state index contributed by atoms with van der Waals surface area (Å²) in [6, 6.07) is 73.8. The zero-order valence-electron chi connectivity index (χ0n) is 33.1. The summed E-state index contributed by atoms with van der Waals surface area (Å²) in [6.45, 7) is 0. The summed E-state index contributed by atoms with van der Waals surface area (Å²) in [5.74, 6) is 0. The van der Waals surface area contributed by atoms with Crippen LogP contribution in [0, 0.1) is 0 Å². The Kier molecular flexibility index (Phi) is 8.13. The highest BCUT2D eigenvalue weighted by Gasteiger charge is 2.20. The van der Waals surface area contributed by atoms with Gasteiger partial charge < -0.3 is 4.90 Å². The van der Waals surface area contributed by atoms with Gasteiger partial charge in [-0.3, -0.25) is 4.98 Å². The van der Waals surface area contributed by atoms with Crippen molar-refractivity contribution in [2.45, 2.75) is 0 Å². The predicted octanol–water partition coefficient (Wildman–Crippen LogP) is 15.2. The van der Waals surface area contributed by atoms with Crippen LogP contribution in [0.4, 0.5) is 17.1 Å². The Balaban J connectivity index is 0.967. The molecule has 0 spiro atoms. The van der Waals surface area contributed by atoms with Gasteiger partial charge in [0.15, 0.2) is 0 Å². The van der Waals surface area contributed by atoms with Gasteiger partial charge in [-0.05, 0) is 104 Å². The SMILES string of the molecule is c1ccc(N(c2ccccc2)c2ccc3ccc4c(-c5cccc(-c6ccc7ccc8ccc(-c9cccc(-c%10cccnc%10)c9)nc8c7n6)c5)ccc5ccc2c3c54)cc1. The molecular weight excluding hydrogens is 741 g/mol. The molecule has 0 aliphatic heterocycles. The quantitative estimate of drug-likeness (QED) is 0.151. The maximum Gasteiger partial charge on any atom is 0.0972 e. The molecule has 0 radical (unpaired) electrons. The first-order valence-electron chi connectivity index (χ1n) is 20.7. The van der Waals surface area contributed by atoms with Gasteiger partial charge in [0.1, 0.15) is 0 Å². The number of hydrogen-bond donors (Lipinski definition) is 0. The van der Waals surface area contributed by atoms with Crippen molar-refractivity contribution in [3.05, 3.63) is 219 Å². The molecule has 0 unspecified atom stereocenters. The fraction of sp³-hybridized carbons (Fsp3) is 0. The molecule has 12 aromatic rings. The monoisotopic (exact) mass is 776 g/mol. The molecule has 0 atom stereocenters. The minimum Gasteiger partial charge on any atom is -0.310 e. The van der Waals surface area contributed by atoms with E-state index in [1.807, 2.05) is 12.3 Å². The molecule has 0 saturated carbocycles. The molecule has 0 N–H and O–H groups in total. The Labute approximate surface area is 353 Å². The van der Waals surface area contributed by atoms with Crippen molar-refractivity contribution in [3.63, 3.8) is 0 Å². The molecule has 9 aromatic carbocycles. The molecule has 3 heterocycles. The Morgan fingerprint density at radius 1 is 0.344 bits per heavy atom. The van der Waals surface area contributed by atoms with Crippen LogP contribution in [0.2, 0.25) is 0 Å². The first-order chi connectivity index (χ1) is 30.2. The van der Waals surface area contributed by atoms with Gasteiger partial charge in [0, 0.05) is 56.6 Å². The lowest BCUT2D eigenvalue weighted by molar-refractivity contribution is 1.30. The zero-order chi connectivity index (χ0) is 40.3. The molecule has 0 bridgehead atoms. The number of pyridine rings is 3. The third-order valence-electron chi connectivity index (χ3n) is 12.1. The molecule has 4 heteroatoms. The van der Waals surface area contributed by atoms with Crippen LogP contribution in [-0.4, -0.2) is 15.0 Å². The first-order valence-corrected chi connectivity index (χ1v) is 20.7. The Bertz CT molecular complexity index is 3550. The summed E-state index contributed by atoms with van der Waals surface area (Å²) in [7, 11) is 0. The van der Waals surface area contributed by atoms with E-state index in [1.54, 1.807) is 6.20 Å². The van der Waals surface area contributed by atoms with Gasteiger partial charge in [-0.1, -0.05) is 146 Å². The van der Waals surface area contributed by atoms with Crippen molar-refractivity contribution < 1.29 is 0 Å². The number of anilines is 3. The summed E-state index contributed by atoms with van der Waals surface area (Å²) < 4.78 is 0. The Hall–Kier alpha value is -8.21. The molecule has 0 fully saturated rings. The molecule has 4 nitrogen and oxygen atoms in total. The smallest absolute Gasteiger partial charge is 0.0972 e. The van der Waals surface area contributed by atoms with Crippen molar-refractivity contribution in [2.24, 2.45) is 0 Å². The third-order valence-corrected chi connectivity index (χ3v) is 12.1. The average molecular weight is 777 g/mol. The first kappa shape index (κ1) is 34.8. The van der Waals surface area contributed by atoms with E-state index in [4.69, 9.17) is 9.97 Å². The topological polar surface area (TPSA) is 41.9 Å². The lowest BCUT2D eigenvalue weighted by Gasteiger charge is -2.27. The fourth-order valence-corrected chi connectivity index (χ4v) is 9.14. The molecule has 0 amide bonds. The normalized spacial score (nSPS) is 11.6. The number of aromatic nitrogens is 3. The lowest BCUT2D eigenvalue weighted by atomic mass is 9.88. The maximum absolute atomic E-state index is 5.34. The predicted molar refractivity (Wildman–Crippen MR) is 255 cm³/mol. The van der Waals surface area contributed by atoms with Crippen molar-refractivity contribution in [2.75, 3.05) is 4.90 Å². The van der Waals surface area contributed by atoms with Crippen molar-refractivity contribution in [1.29, 1.82) is 0 Å². The number of nitrogens with zero attached hydrogens (tertiary/aromatic N) is 4. The summed E-state index contributed by atoms with van der Waals surface area (Å²) in [6.07, 6.45) is 3.70. The number of fused-ring (bicyclic) bond motifs is 3. The van der Waals surface area contributed by atoms with Crippen molar-refractivity contribution >= 4 is 71.2 Å². The van der Waals surface area contributed by atoms with E-state index in [0.717, 1.165) is 78.1 Å². The Morgan fingerprint density at radius 2 is 0.852 bits per heavy atom. The molecule has 0 aliphatic rings. The third kappa shape index (κ3) is 5.96. The minimum atomic E-state index is 0.893. The molecule has 3 aromatic heterocycles. The van der Waals surface area contributed by atoms with Gasteiger partial charge in [-0.25, -0.2) is 9.97 Å². The molecule has 0 aliphatic carbocycles. The molecule has 284 valence electrons. The summed E-state index contributed by atoms with van der Waals surface area (Å²) in [5, 5.41) is 9.60. The van der Waals surface area contributed by atoms with Gasteiger partial charge in [-0.2, -0.15) is 0 Å². The molecule has 61 heavy (non-hydrogen) atoms. The van der Waals surface area contributed by atoms with Crippen LogP contribution in [-0.2, 0) is 0 Å². The number of hydrogen-bond acceptors (Lipinski definition) is 4. The van der Waals surface area contributed by atoms with Gasteiger partial charge in [0.25, 0.3) is 0 Å². The molecular formula is C57H36N4. The van der Waals surface area contributed by atoms with Crippen LogP contribution >= 0.6 is 0 Å². The molecule has 0 saturated heterocycles. The van der Waals surface area contributed by atoms with E-state index in [9.17, 15) is 0 Å². The summed E-state index contributed by atoms with van der Waals surface area (Å²) in [5.41, 5.74) is 13.7. The number of para-hydroxylation sites is 2. The van der Waals surface area contributed by atoms with E-state index < -0.39 is 0 Å². The van der Waals surface area contributed by atoms with Crippen LogP contribution < -0.4 is 4.90 Å². The zero-order valence-corrected chi connectivity index (χ0v) is 33.1. The van der Waals surface area contributed by atoms with E-state index in [0.29, 0.717) is 0 Å². The minimum absolute atomic E-state index is 0.893. The van der Waals surface area contributed by atoms with Crippen LogP contribution in [0.1, 0.15) is 0 Å². The van der Waals surface area contributed by atoms with Gasteiger partial charge in [0.05, 0.1) is 28.1 Å². The van der Waals surface area contributed by atoms with Gasteiger partial charge in [-0.15, -0.1) is 0 Å². The highest BCUT2D eigenvalue weighted by molar-refractivity contribution is 6.28. The van der Waals surface area contributed by atoms with E-state index in [1.165, 1.54) is 37.9 Å². The van der Waals surface area contributed by atoms with Crippen molar-refractivity contribution in [3.8, 4) is 44.8 Å². The largest absolute Gasteiger partial charge is 0.310 e. The van der Waals surface area contributed by atoms with E-state index in [-0.39, 0.29) is 0 Å². The second-order valence-electron chi connectivity index (χ2n) is 15.6. The number of rotatable bonds is 7. The van der Waals surface area contributed by atoms with Crippen LogP contribution in [0.25, 0.3) is 98.9 Å². The Morgan fingerprint density at radius 3 is 1.49 bits per heavy atom. The standard InChI is InChI=1S/C57H36N4/c1-3-15-46(16-4-1)61(47-17-5-2-6-18-47)53-32-26-38-22-28-49-48(27-21-37-23-29-50(53)55(38)54(37)49)42-11-8-13-44(35-42)52-31-25-40-20-19-39-24-30-51(59-56(39)57(40)60-52)43-12-7-10-41(34-43)45-14-9-33-58-36-45/h1-36H. The average Bonchev–Trinajstić information content (AvgIpc) is 3.34. The van der Waals surface area contributed by atoms with Crippen molar-refractivity contribution in [1.82, 2.24) is 15.0 Å². The fourth-order valence-electron chi connectivity index (χ4n) is 9.14. The van der Waals surface area contributed by atoms with E-state index in [2.05, 4.69) is 210 Å². The maximum atomic E-state index is 5.34. The van der Waals surface area contributed by atoms with Crippen LogP contribution in [0.15, 0.2) is 219 Å². The highest BCUT2D eigenvalue weighted by atomic mass is 15.1. The highest BCUT2D eigenvalue weighted by Crippen LogP contribution is 2.45. The molecule has 12 rings (SSSR count). The van der Waals surface area contributed by atoms with Crippen LogP contribution in [0.5, 0.6) is 0 Å². The second-order valence-corrected chi connectivity index (χ2v) is 15.6. The number of benzene rings is 9. The van der Waals surface area contributed by atoms with E-state index >= 15 is 0 Å². The van der Waals surface area contributed by atoms with Gasteiger partial charge >= 0.3 is 0 Å². The lowest BCUT2D eigenvalue weighted by Crippen LogP contribution is -2.10. The summed E-state index contributed by atoms with van der Waals surface area (Å²) >= 11 is 0. The summed E-state index contributed by atoms with van der Waals surface area (Å²) in [4.78, 5) is 17.3. The van der Waals surface area contributed by atoms with Gasteiger partial charge in [0.2, 0.25) is 0 Å².